The molecule has 0 fully saturated rings. The summed E-state index contributed by atoms with van der Waals surface area (Å²) in [5.41, 5.74) is 0. The maximum Gasteiger partial charge on any atom is 0.331 e. The van der Waals surface area contributed by atoms with Gasteiger partial charge in [-0.3, -0.25) is 4.18 Å². The van der Waals surface area contributed by atoms with Crippen LogP contribution >= 0.6 is 0 Å². The number of hydrogen-bond acceptors (Lipinski definition) is 4. The van der Waals surface area contributed by atoms with Crippen molar-refractivity contribution in [3.63, 3.8) is 0 Å². The molecule has 1 aromatic rings. The van der Waals surface area contributed by atoms with Crippen molar-refractivity contribution in [3.05, 3.63) is 30.3 Å². The van der Waals surface area contributed by atoms with E-state index in [4.69, 9.17) is 5.11 Å². The standard InChI is InChI=1S/C8H8O5S/c9-8(10)6-13-14(11,12)7-4-2-1-3-5-7/h1-5H,6H2,(H,9,10). The number of carbonyl (C=O) groups is 1. The third-order valence-electron chi connectivity index (χ3n) is 1.37. The largest absolute Gasteiger partial charge is 0.479 e. The number of carboxylic acid groups (broad SMARTS) is 1. The first-order chi connectivity index (χ1) is 6.52. The van der Waals surface area contributed by atoms with E-state index in [0.29, 0.717) is 0 Å². The highest BCUT2D eigenvalue weighted by molar-refractivity contribution is 7.86. The van der Waals surface area contributed by atoms with Gasteiger partial charge < -0.3 is 5.11 Å². The van der Waals surface area contributed by atoms with Crippen molar-refractivity contribution >= 4 is 16.1 Å². The molecule has 1 N–H and O–H groups in total. The molecular weight excluding hydrogens is 208 g/mol. The van der Waals surface area contributed by atoms with Crippen molar-refractivity contribution in [3.8, 4) is 0 Å². The minimum atomic E-state index is -3.94. The fraction of sp³-hybridized carbons (Fsp3) is 0.125. The molecular formula is C8H8O5S. The minimum Gasteiger partial charge on any atom is -0.479 e. The summed E-state index contributed by atoms with van der Waals surface area (Å²) in [4.78, 5) is 10.0. The second kappa shape index (κ2) is 4.21. The number of carboxylic acids is 1. The smallest absolute Gasteiger partial charge is 0.331 e. The first-order valence-corrected chi connectivity index (χ1v) is 5.09. The summed E-state index contributed by atoms with van der Waals surface area (Å²) in [7, 11) is -3.94. The molecule has 0 spiro atoms. The Hall–Kier alpha value is -1.40. The van der Waals surface area contributed by atoms with Crippen LogP contribution in [0.1, 0.15) is 0 Å². The van der Waals surface area contributed by atoms with Crippen molar-refractivity contribution < 1.29 is 22.5 Å². The lowest BCUT2D eigenvalue weighted by molar-refractivity contribution is -0.139. The van der Waals surface area contributed by atoms with Crippen LogP contribution in [-0.4, -0.2) is 26.1 Å². The molecule has 5 nitrogen and oxygen atoms in total. The van der Waals surface area contributed by atoms with E-state index in [-0.39, 0.29) is 4.90 Å². The normalized spacial score (nSPS) is 11.1. The first-order valence-electron chi connectivity index (χ1n) is 3.68. The van der Waals surface area contributed by atoms with E-state index in [1.807, 2.05) is 0 Å². The van der Waals surface area contributed by atoms with Gasteiger partial charge >= 0.3 is 5.97 Å². The molecule has 76 valence electrons. The van der Waals surface area contributed by atoms with Gasteiger partial charge in [-0.15, -0.1) is 0 Å². The van der Waals surface area contributed by atoms with E-state index in [9.17, 15) is 13.2 Å². The Morgan fingerprint density at radius 3 is 2.36 bits per heavy atom. The Labute approximate surface area is 81.1 Å². The van der Waals surface area contributed by atoms with Gasteiger partial charge in [-0.1, -0.05) is 18.2 Å². The average molecular weight is 216 g/mol. The van der Waals surface area contributed by atoms with E-state index >= 15 is 0 Å². The highest BCUT2D eigenvalue weighted by Crippen LogP contribution is 2.10. The third-order valence-corrected chi connectivity index (χ3v) is 2.65. The van der Waals surface area contributed by atoms with Crippen LogP contribution in [0.15, 0.2) is 35.2 Å². The maximum absolute atomic E-state index is 11.3. The van der Waals surface area contributed by atoms with Crippen molar-refractivity contribution in [1.82, 2.24) is 0 Å². The van der Waals surface area contributed by atoms with Crippen molar-refractivity contribution in [2.24, 2.45) is 0 Å². The Bertz CT molecular complexity index is 409. The topological polar surface area (TPSA) is 80.7 Å². The van der Waals surface area contributed by atoms with Crippen molar-refractivity contribution in [1.29, 1.82) is 0 Å². The fourth-order valence-corrected chi connectivity index (χ4v) is 1.67. The molecule has 0 saturated heterocycles. The molecule has 0 aliphatic heterocycles. The monoisotopic (exact) mass is 216 g/mol. The van der Waals surface area contributed by atoms with Gasteiger partial charge in [0.05, 0.1) is 4.90 Å². The van der Waals surface area contributed by atoms with Crippen LogP contribution < -0.4 is 0 Å². The van der Waals surface area contributed by atoms with Crippen LogP contribution in [0.3, 0.4) is 0 Å². The fourth-order valence-electron chi connectivity index (χ4n) is 0.783. The predicted molar refractivity (Wildman–Crippen MR) is 47.2 cm³/mol. The van der Waals surface area contributed by atoms with Gasteiger partial charge in [-0.25, -0.2) is 4.79 Å². The highest BCUT2D eigenvalue weighted by atomic mass is 32.2. The molecule has 0 saturated carbocycles. The number of rotatable bonds is 4. The maximum atomic E-state index is 11.3. The SMILES string of the molecule is O=C(O)COS(=O)(=O)c1ccccc1. The lowest BCUT2D eigenvalue weighted by Gasteiger charge is -2.01. The predicted octanol–water partition coefficient (Wildman–Crippen LogP) is 0.477. The first kappa shape index (κ1) is 10.7. The summed E-state index contributed by atoms with van der Waals surface area (Å²) in [6.07, 6.45) is 0. The summed E-state index contributed by atoms with van der Waals surface area (Å²) in [5.74, 6) is -1.33. The van der Waals surface area contributed by atoms with Crippen LogP contribution in [0.4, 0.5) is 0 Å². The molecule has 0 bridgehead atoms. The van der Waals surface area contributed by atoms with Crippen LogP contribution in [-0.2, 0) is 19.1 Å². The molecule has 0 unspecified atom stereocenters. The van der Waals surface area contributed by atoms with Gasteiger partial charge in [0.2, 0.25) is 0 Å². The van der Waals surface area contributed by atoms with Gasteiger partial charge in [0.25, 0.3) is 10.1 Å². The van der Waals surface area contributed by atoms with Crippen molar-refractivity contribution in [2.45, 2.75) is 4.90 Å². The molecule has 0 amide bonds. The van der Waals surface area contributed by atoms with Gasteiger partial charge in [0, 0.05) is 0 Å². The minimum absolute atomic E-state index is 0.0544. The lowest BCUT2D eigenvalue weighted by Crippen LogP contribution is -2.13. The van der Waals surface area contributed by atoms with Gasteiger partial charge in [0.15, 0.2) is 6.61 Å². The summed E-state index contributed by atoms with van der Waals surface area (Å²) in [5, 5.41) is 8.23. The summed E-state index contributed by atoms with van der Waals surface area (Å²) < 4.78 is 26.8. The van der Waals surface area contributed by atoms with Crippen LogP contribution in [0.5, 0.6) is 0 Å². The van der Waals surface area contributed by atoms with Crippen LogP contribution in [0, 0.1) is 0 Å². The van der Waals surface area contributed by atoms with E-state index in [1.165, 1.54) is 24.3 Å². The Kier molecular flexibility index (Phi) is 3.21. The van der Waals surface area contributed by atoms with E-state index in [0.717, 1.165) is 0 Å². The van der Waals surface area contributed by atoms with E-state index in [1.54, 1.807) is 6.07 Å². The van der Waals surface area contributed by atoms with Gasteiger partial charge in [0.1, 0.15) is 0 Å². The molecule has 0 aromatic heterocycles. The molecule has 0 radical (unpaired) electrons. The second-order valence-electron chi connectivity index (χ2n) is 2.42. The molecule has 0 aliphatic rings. The van der Waals surface area contributed by atoms with Crippen LogP contribution in [0.25, 0.3) is 0 Å². The quantitative estimate of drug-likeness (QED) is 0.740. The highest BCUT2D eigenvalue weighted by Gasteiger charge is 2.15. The van der Waals surface area contributed by atoms with Gasteiger partial charge in [-0.2, -0.15) is 8.42 Å². The molecule has 1 aromatic carbocycles. The molecule has 1 rings (SSSR count). The summed E-state index contributed by atoms with van der Waals surface area (Å²) in [6, 6.07) is 7.36. The zero-order valence-corrected chi connectivity index (χ0v) is 7.90. The lowest BCUT2D eigenvalue weighted by atomic mass is 10.4. The van der Waals surface area contributed by atoms with Gasteiger partial charge in [-0.05, 0) is 12.1 Å². The van der Waals surface area contributed by atoms with Crippen molar-refractivity contribution in [2.75, 3.05) is 6.61 Å². The third kappa shape index (κ3) is 2.82. The number of hydrogen-bond donors (Lipinski definition) is 1. The molecule has 0 atom stereocenters. The van der Waals surface area contributed by atoms with Crippen LogP contribution in [0.2, 0.25) is 0 Å². The molecule has 0 heterocycles. The Morgan fingerprint density at radius 2 is 1.86 bits per heavy atom. The zero-order chi connectivity index (χ0) is 10.6. The average Bonchev–Trinajstić information content (AvgIpc) is 2.16. The molecule has 6 heteroatoms. The Balaban J connectivity index is 2.82. The Morgan fingerprint density at radius 1 is 1.29 bits per heavy atom. The number of aliphatic carboxylic acids is 1. The number of benzene rings is 1. The summed E-state index contributed by atoms with van der Waals surface area (Å²) >= 11 is 0. The second-order valence-corrected chi connectivity index (χ2v) is 4.04. The molecule has 14 heavy (non-hydrogen) atoms. The zero-order valence-electron chi connectivity index (χ0n) is 7.08. The van der Waals surface area contributed by atoms with E-state index in [2.05, 4.69) is 4.18 Å². The molecule has 0 aliphatic carbocycles. The summed E-state index contributed by atoms with van der Waals surface area (Å²) in [6.45, 7) is -0.864. The van der Waals surface area contributed by atoms with E-state index < -0.39 is 22.7 Å².